The van der Waals surface area contributed by atoms with Crippen molar-refractivity contribution in [1.29, 1.82) is 0 Å². The number of carbonyl (C=O) groups excluding carboxylic acids is 1. The number of hydrogen-bond acceptors (Lipinski definition) is 4. The molecule has 0 radical (unpaired) electrons. The Kier molecular flexibility index (Phi) is 3.53. The van der Waals surface area contributed by atoms with Crippen LogP contribution in [0.4, 0.5) is 4.79 Å². The van der Waals surface area contributed by atoms with E-state index in [4.69, 9.17) is 9.05 Å². The van der Waals surface area contributed by atoms with Crippen molar-refractivity contribution in [3.8, 4) is 0 Å². The Balaban J connectivity index is 2.80. The average molecular weight is 222 g/mol. The number of hydrogen-bond donors (Lipinski definition) is 0. The summed E-state index contributed by atoms with van der Waals surface area (Å²) in [4.78, 5) is 13.0. The molecule has 1 heterocycles. The van der Waals surface area contributed by atoms with Gasteiger partial charge in [0.2, 0.25) is 0 Å². The fourth-order valence-corrected chi connectivity index (χ4v) is 2.71. The molecule has 7 heteroatoms. The lowest BCUT2D eigenvalue weighted by atomic mass is 10.7. The zero-order chi connectivity index (χ0) is 10.8. The quantitative estimate of drug-likeness (QED) is 0.669. The van der Waals surface area contributed by atoms with Crippen LogP contribution < -0.4 is 0 Å². The van der Waals surface area contributed by atoms with E-state index >= 15 is 0 Å². The van der Waals surface area contributed by atoms with Crippen LogP contribution in [0.15, 0.2) is 0 Å². The van der Waals surface area contributed by atoms with Crippen LogP contribution in [-0.4, -0.2) is 49.5 Å². The number of urea groups is 1. The third-order valence-corrected chi connectivity index (χ3v) is 4.02. The summed E-state index contributed by atoms with van der Waals surface area (Å²) < 4.78 is 22.9. The molecular formula is C7H15N2O4P. The third kappa shape index (κ3) is 1.92. The first-order valence-electron chi connectivity index (χ1n) is 4.38. The molecular weight excluding hydrogens is 207 g/mol. The van der Waals surface area contributed by atoms with E-state index in [1.807, 2.05) is 0 Å². The van der Waals surface area contributed by atoms with Crippen LogP contribution in [-0.2, 0) is 13.6 Å². The highest BCUT2D eigenvalue weighted by Crippen LogP contribution is 2.52. The van der Waals surface area contributed by atoms with Crippen molar-refractivity contribution in [1.82, 2.24) is 9.57 Å². The van der Waals surface area contributed by atoms with Gasteiger partial charge in [0.1, 0.15) is 0 Å². The Hall–Kier alpha value is -0.580. The lowest BCUT2D eigenvalue weighted by molar-refractivity contribution is 0.182. The zero-order valence-corrected chi connectivity index (χ0v) is 9.49. The van der Waals surface area contributed by atoms with E-state index in [1.165, 1.54) is 12.0 Å². The van der Waals surface area contributed by atoms with Gasteiger partial charge in [0.25, 0.3) is 0 Å². The maximum absolute atomic E-state index is 12.0. The fraction of sp³-hybridized carbons (Fsp3) is 0.857. The van der Waals surface area contributed by atoms with Gasteiger partial charge in [0.05, 0.1) is 13.2 Å². The van der Waals surface area contributed by atoms with Crippen LogP contribution in [0.2, 0.25) is 0 Å². The normalized spacial score (nSPS) is 21.5. The van der Waals surface area contributed by atoms with Gasteiger partial charge < -0.3 is 4.90 Å². The minimum Gasteiger partial charge on any atom is -0.326 e. The monoisotopic (exact) mass is 222 g/mol. The fourth-order valence-electron chi connectivity index (χ4n) is 1.24. The Labute approximate surface area is 83.4 Å². The van der Waals surface area contributed by atoms with E-state index in [0.29, 0.717) is 13.1 Å². The molecule has 1 unspecified atom stereocenters. The summed E-state index contributed by atoms with van der Waals surface area (Å²) in [7, 11) is -0.472. The van der Waals surface area contributed by atoms with Gasteiger partial charge in [-0.25, -0.2) is 14.0 Å². The average Bonchev–Trinajstić information content (AvgIpc) is 2.48. The molecule has 0 N–H and O–H groups in total. The van der Waals surface area contributed by atoms with Crippen LogP contribution in [0.25, 0.3) is 0 Å². The number of nitrogens with zero attached hydrogens (tertiary/aromatic N) is 2. The maximum atomic E-state index is 12.0. The van der Waals surface area contributed by atoms with Crippen LogP contribution in [0.5, 0.6) is 0 Å². The van der Waals surface area contributed by atoms with Gasteiger partial charge in [-0.3, -0.25) is 9.05 Å². The molecule has 2 amide bonds. The molecule has 6 nitrogen and oxygen atoms in total. The lowest BCUT2D eigenvalue weighted by Crippen LogP contribution is -2.28. The zero-order valence-electron chi connectivity index (χ0n) is 8.60. The molecule has 1 saturated heterocycles. The summed E-state index contributed by atoms with van der Waals surface area (Å²) in [5.74, 6) is 0. The van der Waals surface area contributed by atoms with Crippen molar-refractivity contribution in [2.24, 2.45) is 0 Å². The summed E-state index contributed by atoms with van der Waals surface area (Å²) in [5.41, 5.74) is 0. The van der Waals surface area contributed by atoms with E-state index in [1.54, 1.807) is 14.0 Å². The largest absolute Gasteiger partial charge is 0.438 e. The molecule has 1 rings (SSSR count). The predicted octanol–water partition coefficient (Wildman–Crippen LogP) is 1.14. The highest BCUT2D eigenvalue weighted by molar-refractivity contribution is 7.52. The molecule has 0 spiro atoms. The number of rotatable bonds is 4. The summed E-state index contributed by atoms with van der Waals surface area (Å²) in [6, 6.07) is -0.316. The SMILES string of the molecule is CCOP(=O)(OC)N1CCN(C)C1=O. The summed E-state index contributed by atoms with van der Waals surface area (Å²) >= 11 is 0. The van der Waals surface area contributed by atoms with Gasteiger partial charge in [-0.15, -0.1) is 0 Å². The Bertz CT molecular complexity index is 270. The summed E-state index contributed by atoms with van der Waals surface area (Å²) in [6.45, 7) is 2.87. The Morgan fingerprint density at radius 2 is 2.14 bits per heavy atom. The molecule has 0 saturated carbocycles. The van der Waals surface area contributed by atoms with Crippen molar-refractivity contribution in [2.75, 3.05) is 33.9 Å². The second-order valence-corrected chi connectivity index (χ2v) is 4.94. The minimum absolute atomic E-state index is 0.249. The molecule has 0 aliphatic carbocycles. The van der Waals surface area contributed by atoms with Gasteiger partial charge in [0.15, 0.2) is 0 Å². The second kappa shape index (κ2) is 4.29. The van der Waals surface area contributed by atoms with Crippen molar-refractivity contribution in [3.63, 3.8) is 0 Å². The smallest absolute Gasteiger partial charge is 0.326 e. The molecule has 1 aliphatic heterocycles. The van der Waals surface area contributed by atoms with E-state index < -0.39 is 7.75 Å². The number of carbonyl (C=O) groups is 1. The van der Waals surface area contributed by atoms with E-state index in [2.05, 4.69) is 0 Å². The summed E-state index contributed by atoms with van der Waals surface area (Å²) in [5, 5.41) is 0. The molecule has 1 fully saturated rings. The molecule has 14 heavy (non-hydrogen) atoms. The van der Waals surface area contributed by atoms with Crippen molar-refractivity contribution >= 4 is 13.8 Å². The van der Waals surface area contributed by atoms with Crippen molar-refractivity contribution in [2.45, 2.75) is 6.92 Å². The van der Waals surface area contributed by atoms with Crippen molar-refractivity contribution in [3.05, 3.63) is 0 Å². The molecule has 0 aromatic rings. The molecule has 82 valence electrons. The molecule has 1 atom stereocenters. The van der Waals surface area contributed by atoms with E-state index in [0.717, 1.165) is 4.67 Å². The third-order valence-electron chi connectivity index (χ3n) is 2.01. The van der Waals surface area contributed by atoms with Gasteiger partial charge in [-0.1, -0.05) is 0 Å². The topological polar surface area (TPSA) is 59.1 Å². The minimum atomic E-state index is -3.40. The highest BCUT2D eigenvalue weighted by Gasteiger charge is 2.41. The summed E-state index contributed by atoms with van der Waals surface area (Å²) in [6.07, 6.45) is 0. The molecule has 1 aliphatic rings. The second-order valence-electron chi connectivity index (χ2n) is 2.90. The molecule has 0 aromatic heterocycles. The van der Waals surface area contributed by atoms with Crippen LogP contribution in [0.1, 0.15) is 6.92 Å². The Morgan fingerprint density at radius 1 is 1.50 bits per heavy atom. The predicted molar refractivity (Wildman–Crippen MR) is 51.0 cm³/mol. The first kappa shape index (κ1) is 11.5. The molecule has 0 aromatic carbocycles. The van der Waals surface area contributed by atoms with E-state index in [-0.39, 0.29) is 12.6 Å². The van der Waals surface area contributed by atoms with Gasteiger partial charge in [-0.05, 0) is 6.92 Å². The maximum Gasteiger partial charge on any atom is 0.438 e. The number of amides is 2. The van der Waals surface area contributed by atoms with E-state index in [9.17, 15) is 9.36 Å². The number of likely N-dealkylation sites (N-methyl/N-ethyl adjacent to an activating group) is 1. The Morgan fingerprint density at radius 3 is 2.50 bits per heavy atom. The van der Waals surface area contributed by atoms with Gasteiger partial charge in [0, 0.05) is 20.7 Å². The highest BCUT2D eigenvalue weighted by atomic mass is 31.2. The first-order chi connectivity index (χ1) is 6.55. The van der Waals surface area contributed by atoms with Crippen LogP contribution >= 0.6 is 7.75 Å². The standard InChI is InChI=1S/C7H15N2O4P/c1-4-13-14(11,12-3)9-6-5-8(2)7(9)10/h4-6H2,1-3H3. The van der Waals surface area contributed by atoms with Gasteiger partial charge >= 0.3 is 13.8 Å². The van der Waals surface area contributed by atoms with Gasteiger partial charge in [-0.2, -0.15) is 0 Å². The van der Waals surface area contributed by atoms with Crippen molar-refractivity contribution < 1.29 is 18.4 Å². The van der Waals surface area contributed by atoms with Crippen LogP contribution in [0.3, 0.4) is 0 Å². The lowest BCUT2D eigenvalue weighted by Gasteiger charge is -2.24. The first-order valence-corrected chi connectivity index (χ1v) is 5.88. The molecule has 0 bridgehead atoms. The van der Waals surface area contributed by atoms with Crippen LogP contribution in [0, 0.1) is 0 Å².